The van der Waals surface area contributed by atoms with Crippen molar-refractivity contribution in [3.63, 3.8) is 0 Å². The summed E-state index contributed by atoms with van der Waals surface area (Å²) in [6.45, 7) is 0.452. The van der Waals surface area contributed by atoms with E-state index < -0.39 is 0 Å². The van der Waals surface area contributed by atoms with E-state index in [1.807, 2.05) is 29.8 Å². The number of rotatable bonds is 3. The van der Waals surface area contributed by atoms with Gasteiger partial charge in [0.2, 0.25) is 0 Å². The van der Waals surface area contributed by atoms with Crippen LogP contribution in [-0.2, 0) is 13.6 Å². The zero-order valence-electron chi connectivity index (χ0n) is 8.72. The van der Waals surface area contributed by atoms with Crippen molar-refractivity contribution in [2.24, 2.45) is 12.8 Å². The predicted molar refractivity (Wildman–Crippen MR) is 64.5 cm³/mol. The standard InChI is InChI=1S/C10H11ClN4S/c1-15-6-13-14-10(15)16-8-3-2-7(5-12)9(11)4-8/h2-4,6H,5,12H2,1H3. The molecule has 16 heavy (non-hydrogen) atoms. The Balaban J connectivity index is 2.23. The molecule has 0 aliphatic carbocycles. The van der Waals surface area contributed by atoms with Crippen LogP contribution in [-0.4, -0.2) is 14.8 Å². The largest absolute Gasteiger partial charge is 0.326 e. The minimum Gasteiger partial charge on any atom is -0.326 e. The summed E-state index contributed by atoms with van der Waals surface area (Å²) in [4.78, 5) is 1.03. The second-order valence-electron chi connectivity index (χ2n) is 3.28. The third-order valence-corrected chi connectivity index (χ3v) is 3.52. The summed E-state index contributed by atoms with van der Waals surface area (Å²) in [5, 5.41) is 9.32. The first kappa shape index (κ1) is 11.4. The van der Waals surface area contributed by atoms with Crippen LogP contribution in [0.5, 0.6) is 0 Å². The second kappa shape index (κ2) is 4.86. The Kier molecular flexibility index (Phi) is 3.48. The van der Waals surface area contributed by atoms with Gasteiger partial charge in [0, 0.05) is 23.5 Å². The average molecular weight is 255 g/mol. The average Bonchev–Trinajstić information content (AvgIpc) is 2.65. The van der Waals surface area contributed by atoms with Gasteiger partial charge < -0.3 is 10.3 Å². The molecule has 1 aromatic carbocycles. The van der Waals surface area contributed by atoms with E-state index in [-0.39, 0.29) is 0 Å². The van der Waals surface area contributed by atoms with Crippen LogP contribution in [0.25, 0.3) is 0 Å². The topological polar surface area (TPSA) is 56.7 Å². The number of hydrogen-bond donors (Lipinski definition) is 1. The van der Waals surface area contributed by atoms with E-state index in [1.165, 1.54) is 11.8 Å². The van der Waals surface area contributed by atoms with E-state index in [4.69, 9.17) is 17.3 Å². The maximum atomic E-state index is 6.07. The highest BCUT2D eigenvalue weighted by Gasteiger charge is 2.05. The molecule has 0 aliphatic heterocycles. The van der Waals surface area contributed by atoms with Crippen molar-refractivity contribution < 1.29 is 0 Å². The Morgan fingerprint density at radius 1 is 1.50 bits per heavy atom. The first-order chi connectivity index (χ1) is 7.70. The molecule has 0 saturated heterocycles. The van der Waals surface area contributed by atoms with Crippen molar-refractivity contribution in [3.05, 3.63) is 35.1 Å². The van der Waals surface area contributed by atoms with E-state index >= 15 is 0 Å². The quantitative estimate of drug-likeness (QED) is 0.911. The lowest BCUT2D eigenvalue weighted by atomic mass is 10.2. The van der Waals surface area contributed by atoms with Crippen LogP contribution >= 0.6 is 23.4 Å². The van der Waals surface area contributed by atoms with E-state index in [2.05, 4.69) is 10.2 Å². The number of nitrogens with two attached hydrogens (primary N) is 1. The summed E-state index contributed by atoms with van der Waals surface area (Å²) in [7, 11) is 1.90. The molecule has 6 heteroatoms. The first-order valence-electron chi connectivity index (χ1n) is 4.71. The summed E-state index contributed by atoms with van der Waals surface area (Å²) in [5.41, 5.74) is 6.49. The Bertz CT molecular complexity index is 497. The molecule has 2 aromatic rings. The van der Waals surface area contributed by atoms with Gasteiger partial charge in [0.05, 0.1) is 0 Å². The van der Waals surface area contributed by atoms with Crippen molar-refractivity contribution in [1.29, 1.82) is 0 Å². The van der Waals surface area contributed by atoms with Crippen LogP contribution < -0.4 is 5.73 Å². The molecule has 1 aromatic heterocycles. The smallest absolute Gasteiger partial charge is 0.195 e. The van der Waals surface area contributed by atoms with Crippen LogP contribution in [0.2, 0.25) is 5.02 Å². The van der Waals surface area contributed by atoms with Crippen LogP contribution in [0, 0.1) is 0 Å². The molecule has 1 heterocycles. The number of benzene rings is 1. The first-order valence-corrected chi connectivity index (χ1v) is 5.90. The lowest BCUT2D eigenvalue weighted by Gasteiger charge is -2.04. The van der Waals surface area contributed by atoms with Crippen molar-refractivity contribution in [2.45, 2.75) is 16.6 Å². The normalized spacial score (nSPS) is 10.7. The number of nitrogens with zero attached hydrogens (tertiary/aromatic N) is 3. The van der Waals surface area contributed by atoms with Gasteiger partial charge in [-0.15, -0.1) is 10.2 Å². The Labute approximate surface area is 103 Å². The maximum absolute atomic E-state index is 6.07. The minimum absolute atomic E-state index is 0.452. The number of aromatic nitrogens is 3. The van der Waals surface area contributed by atoms with Gasteiger partial charge in [-0.25, -0.2) is 0 Å². The van der Waals surface area contributed by atoms with Gasteiger partial charge in [-0.1, -0.05) is 17.7 Å². The Morgan fingerprint density at radius 3 is 2.88 bits per heavy atom. The van der Waals surface area contributed by atoms with Gasteiger partial charge in [0.25, 0.3) is 0 Å². The zero-order valence-corrected chi connectivity index (χ0v) is 10.3. The van der Waals surface area contributed by atoms with Gasteiger partial charge in [-0.2, -0.15) is 0 Å². The van der Waals surface area contributed by atoms with E-state index in [0.29, 0.717) is 11.6 Å². The summed E-state index contributed by atoms with van der Waals surface area (Å²) in [6, 6.07) is 5.80. The number of hydrogen-bond acceptors (Lipinski definition) is 4. The van der Waals surface area contributed by atoms with E-state index in [9.17, 15) is 0 Å². The molecular formula is C10H11ClN4S. The fraction of sp³-hybridized carbons (Fsp3) is 0.200. The van der Waals surface area contributed by atoms with Crippen LogP contribution in [0.4, 0.5) is 0 Å². The number of halogens is 1. The molecule has 2 rings (SSSR count). The van der Waals surface area contributed by atoms with Crippen molar-refractivity contribution in [3.8, 4) is 0 Å². The summed E-state index contributed by atoms with van der Waals surface area (Å²) >= 11 is 7.59. The summed E-state index contributed by atoms with van der Waals surface area (Å²) in [6.07, 6.45) is 1.66. The SMILES string of the molecule is Cn1cnnc1Sc1ccc(CN)c(Cl)c1. The van der Waals surface area contributed by atoms with Crippen LogP contribution in [0.15, 0.2) is 34.6 Å². The molecule has 0 fully saturated rings. The van der Waals surface area contributed by atoms with Gasteiger partial charge in [0.1, 0.15) is 6.33 Å². The lowest BCUT2D eigenvalue weighted by Crippen LogP contribution is -1.97. The van der Waals surface area contributed by atoms with Crippen molar-refractivity contribution >= 4 is 23.4 Å². The molecule has 0 unspecified atom stereocenters. The molecular weight excluding hydrogens is 244 g/mol. The van der Waals surface area contributed by atoms with Crippen LogP contribution in [0.1, 0.15) is 5.56 Å². The molecule has 4 nitrogen and oxygen atoms in total. The molecule has 0 atom stereocenters. The third kappa shape index (κ3) is 2.37. The van der Waals surface area contributed by atoms with Crippen LogP contribution in [0.3, 0.4) is 0 Å². The third-order valence-electron chi connectivity index (χ3n) is 2.12. The molecule has 0 saturated carbocycles. The molecule has 84 valence electrons. The highest BCUT2D eigenvalue weighted by atomic mass is 35.5. The highest BCUT2D eigenvalue weighted by Crippen LogP contribution is 2.29. The molecule has 0 radical (unpaired) electrons. The summed E-state index contributed by atoms with van der Waals surface area (Å²) < 4.78 is 1.86. The van der Waals surface area contributed by atoms with Gasteiger partial charge in [0.15, 0.2) is 5.16 Å². The van der Waals surface area contributed by atoms with E-state index in [1.54, 1.807) is 6.33 Å². The molecule has 0 spiro atoms. The Hall–Kier alpha value is -1.04. The van der Waals surface area contributed by atoms with Gasteiger partial charge in [-0.3, -0.25) is 0 Å². The molecule has 2 N–H and O–H groups in total. The molecule has 0 aliphatic rings. The minimum atomic E-state index is 0.452. The Morgan fingerprint density at radius 2 is 2.31 bits per heavy atom. The van der Waals surface area contributed by atoms with Gasteiger partial charge >= 0.3 is 0 Å². The van der Waals surface area contributed by atoms with Crippen molar-refractivity contribution in [1.82, 2.24) is 14.8 Å². The monoisotopic (exact) mass is 254 g/mol. The highest BCUT2D eigenvalue weighted by molar-refractivity contribution is 7.99. The summed E-state index contributed by atoms with van der Waals surface area (Å²) in [5.74, 6) is 0. The second-order valence-corrected chi connectivity index (χ2v) is 4.73. The van der Waals surface area contributed by atoms with Crippen molar-refractivity contribution in [2.75, 3.05) is 0 Å². The maximum Gasteiger partial charge on any atom is 0.195 e. The van der Waals surface area contributed by atoms with E-state index in [0.717, 1.165) is 15.6 Å². The molecule has 0 amide bonds. The predicted octanol–water partition coefficient (Wildman–Crippen LogP) is 2.08. The molecule has 0 bridgehead atoms. The fourth-order valence-electron chi connectivity index (χ4n) is 1.23. The lowest BCUT2D eigenvalue weighted by molar-refractivity contribution is 0.788. The zero-order chi connectivity index (χ0) is 11.5. The fourth-order valence-corrected chi connectivity index (χ4v) is 2.35. The number of aryl methyl sites for hydroxylation is 1. The van der Waals surface area contributed by atoms with Gasteiger partial charge in [-0.05, 0) is 29.5 Å².